The summed E-state index contributed by atoms with van der Waals surface area (Å²) < 4.78 is 0.842. The van der Waals surface area contributed by atoms with Crippen LogP contribution in [0, 0.1) is 0 Å². The van der Waals surface area contributed by atoms with E-state index < -0.39 is 5.97 Å². The smallest absolute Gasteiger partial charge is 0.335 e. The van der Waals surface area contributed by atoms with Crippen molar-refractivity contribution in [3.05, 3.63) is 53.1 Å². The highest BCUT2D eigenvalue weighted by Gasteiger charge is 2.11. The number of aromatic nitrogens is 1. The average molecular weight is 290 g/mol. The molecule has 1 aromatic heterocycles. The lowest BCUT2D eigenvalue weighted by Gasteiger charge is -1.97. The molecule has 0 aliphatic carbocycles. The molecule has 3 aromatic rings. The first kappa shape index (κ1) is 12.1. The summed E-state index contributed by atoms with van der Waals surface area (Å²) in [6.07, 6.45) is 0. The van der Waals surface area contributed by atoms with Crippen LogP contribution in [0.4, 0.5) is 0 Å². The maximum absolute atomic E-state index is 10.9. The summed E-state index contributed by atoms with van der Waals surface area (Å²) in [6.45, 7) is 0. The minimum atomic E-state index is -0.936. The molecule has 5 heteroatoms. The van der Waals surface area contributed by atoms with Crippen molar-refractivity contribution in [2.45, 2.75) is 0 Å². The van der Waals surface area contributed by atoms with E-state index in [-0.39, 0.29) is 5.56 Å². The molecule has 0 atom stereocenters. The van der Waals surface area contributed by atoms with Crippen LogP contribution in [0.1, 0.15) is 10.4 Å². The van der Waals surface area contributed by atoms with Gasteiger partial charge in [0.1, 0.15) is 5.01 Å². The van der Waals surface area contributed by atoms with Gasteiger partial charge in [-0.05, 0) is 24.3 Å². The van der Waals surface area contributed by atoms with Crippen molar-refractivity contribution in [3.8, 4) is 10.6 Å². The van der Waals surface area contributed by atoms with E-state index in [0.29, 0.717) is 5.02 Å². The minimum Gasteiger partial charge on any atom is -0.478 e. The van der Waals surface area contributed by atoms with Crippen molar-refractivity contribution >= 4 is 39.1 Å². The second-order valence-electron chi connectivity index (χ2n) is 3.99. The Hall–Kier alpha value is -1.91. The molecule has 0 bridgehead atoms. The third-order valence-corrected chi connectivity index (χ3v) is 4.12. The van der Waals surface area contributed by atoms with Gasteiger partial charge in [-0.15, -0.1) is 11.3 Å². The van der Waals surface area contributed by atoms with Gasteiger partial charge in [0.25, 0.3) is 0 Å². The number of aromatic carboxylic acids is 1. The Morgan fingerprint density at radius 1 is 1.21 bits per heavy atom. The van der Waals surface area contributed by atoms with Crippen LogP contribution in [-0.2, 0) is 0 Å². The third-order valence-electron chi connectivity index (χ3n) is 2.74. The van der Waals surface area contributed by atoms with Gasteiger partial charge in [0.15, 0.2) is 0 Å². The van der Waals surface area contributed by atoms with E-state index in [4.69, 9.17) is 16.7 Å². The predicted octanol–water partition coefficient (Wildman–Crippen LogP) is 4.31. The summed E-state index contributed by atoms with van der Waals surface area (Å²) in [5, 5.41) is 10.4. The van der Waals surface area contributed by atoms with Crippen molar-refractivity contribution in [2.24, 2.45) is 0 Å². The Labute approximate surface area is 118 Å². The standard InChI is InChI=1S/C14H8ClNO2S/c15-10-4-2-1-3-9(10)13-16-11-6-5-8(14(17)18)7-12(11)19-13/h1-7H,(H,17,18). The van der Waals surface area contributed by atoms with Crippen LogP contribution in [-0.4, -0.2) is 16.1 Å². The number of carboxylic acid groups (broad SMARTS) is 1. The molecule has 0 spiro atoms. The first-order valence-corrected chi connectivity index (χ1v) is 6.73. The topological polar surface area (TPSA) is 50.2 Å². The number of nitrogens with zero attached hydrogens (tertiary/aromatic N) is 1. The quantitative estimate of drug-likeness (QED) is 0.764. The molecule has 0 aliphatic rings. The normalized spacial score (nSPS) is 10.8. The van der Waals surface area contributed by atoms with E-state index in [1.807, 2.05) is 24.3 Å². The molecule has 0 saturated carbocycles. The van der Waals surface area contributed by atoms with E-state index in [1.54, 1.807) is 18.2 Å². The summed E-state index contributed by atoms with van der Waals surface area (Å²) in [5.74, 6) is -0.936. The van der Waals surface area contributed by atoms with Crippen LogP contribution < -0.4 is 0 Å². The van der Waals surface area contributed by atoms with Crippen molar-refractivity contribution < 1.29 is 9.90 Å². The molecular weight excluding hydrogens is 282 g/mol. The lowest BCUT2D eigenvalue weighted by molar-refractivity contribution is 0.0697. The van der Waals surface area contributed by atoms with Gasteiger partial charge < -0.3 is 5.11 Å². The third kappa shape index (κ3) is 2.20. The van der Waals surface area contributed by atoms with Crippen LogP contribution in [0.5, 0.6) is 0 Å². The lowest BCUT2D eigenvalue weighted by Crippen LogP contribution is -1.94. The van der Waals surface area contributed by atoms with Gasteiger partial charge in [0, 0.05) is 5.56 Å². The molecule has 0 radical (unpaired) electrons. The first-order chi connectivity index (χ1) is 9.15. The van der Waals surface area contributed by atoms with Crippen molar-refractivity contribution in [2.75, 3.05) is 0 Å². The van der Waals surface area contributed by atoms with Gasteiger partial charge in [-0.3, -0.25) is 0 Å². The lowest BCUT2D eigenvalue weighted by atomic mass is 10.2. The monoisotopic (exact) mass is 289 g/mol. The number of rotatable bonds is 2. The average Bonchev–Trinajstić information content (AvgIpc) is 2.81. The highest BCUT2D eigenvalue weighted by atomic mass is 35.5. The molecule has 0 saturated heterocycles. The van der Waals surface area contributed by atoms with Crippen LogP contribution in [0.2, 0.25) is 5.02 Å². The number of halogens is 1. The minimum absolute atomic E-state index is 0.266. The Kier molecular flexibility index (Phi) is 2.97. The first-order valence-electron chi connectivity index (χ1n) is 5.54. The van der Waals surface area contributed by atoms with E-state index in [2.05, 4.69) is 4.98 Å². The predicted molar refractivity (Wildman–Crippen MR) is 77.0 cm³/mol. The van der Waals surface area contributed by atoms with Crippen LogP contribution in [0.15, 0.2) is 42.5 Å². The Morgan fingerprint density at radius 3 is 2.74 bits per heavy atom. The van der Waals surface area contributed by atoms with Gasteiger partial charge in [-0.2, -0.15) is 0 Å². The fraction of sp³-hybridized carbons (Fsp3) is 0. The number of carbonyl (C=O) groups is 1. The highest BCUT2D eigenvalue weighted by molar-refractivity contribution is 7.21. The molecule has 19 heavy (non-hydrogen) atoms. The molecule has 0 aliphatic heterocycles. The summed E-state index contributed by atoms with van der Waals surface area (Å²) >= 11 is 7.58. The second kappa shape index (κ2) is 4.64. The molecule has 2 aromatic carbocycles. The van der Waals surface area contributed by atoms with Crippen molar-refractivity contribution in [1.82, 2.24) is 4.98 Å². The van der Waals surface area contributed by atoms with Crippen molar-refractivity contribution in [3.63, 3.8) is 0 Å². The molecule has 3 rings (SSSR count). The van der Waals surface area contributed by atoms with E-state index >= 15 is 0 Å². The van der Waals surface area contributed by atoms with Crippen LogP contribution in [0.3, 0.4) is 0 Å². The largest absolute Gasteiger partial charge is 0.478 e. The van der Waals surface area contributed by atoms with Gasteiger partial charge in [-0.1, -0.05) is 29.8 Å². The number of benzene rings is 2. The number of thiazole rings is 1. The number of hydrogen-bond donors (Lipinski definition) is 1. The highest BCUT2D eigenvalue weighted by Crippen LogP contribution is 2.34. The van der Waals surface area contributed by atoms with Crippen LogP contribution in [0.25, 0.3) is 20.8 Å². The zero-order valence-electron chi connectivity index (χ0n) is 9.63. The molecule has 0 amide bonds. The van der Waals surface area contributed by atoms with Gasteiger partial charge in [0.2, 0.25) is 0 Å². The molecule has 0 fully saturated rings. The van der Waals surface area contributed by atoms with Crippen LogP contribution >= 0.6 is 22.9 Å². The van der Waals surface area contributed by atoms with Gasteiger partial charge in [0.05, 0.1) is 20.8 Å². The molecule has 1 heterocycles. The van der Waals surface area contributed by atoms with Gasteiger partial charge >= 0.3 is 5.97 Å². The summed E-state index contributed by atoms with van der Waals surface area (Å²) in [7, 11) is 0. The Bertz CT molecular complexity index is 782. The van der Waals surface area contributed by atoms with E-state index in [0.717, 1.165) is 20.8 Å². The van der Waals surface area contributed by atoms with E-state index in [9.17, 15) is 4.79 Å². The molecule has 0 unspecified atom stereocenters. The number of fused-ring (bicyclic) bond motifs is 1. The van der Waals surface area contributed by atoms with Crippen molar-refractivity contribution in [1.29, 1.82) is 0 Å². The van der Waals surface area contributed by atoms with E-state index in [1.165, 1.54) is 11.3 Å². The Balaban J connectivity index is 2.17. The summed E-state index contributed by atoms with van der Waals surface area (Å²) in [4.78, 5) is 15.4. The zero-order valence-corrected chi connectivity index (χ0v) is 11.2. The zero-order chi connectivity index (χ0) is 13.4. The second-order valence-corrected chi connectivity index (χ2v) is 5.42. The maximum Gasteiger partial charge on any atom is 0.335 e. The summed E-state index contributed by atoms with van der Waals surface area (Å²) in [5.41, 5.74) is 1.91. The SMILES string of the molecule is O=C(O)c1ccc2nc(-c3ccccc3Cl)sc2c1. The van der Waals surface area contributed by atoms with Gasteiger partial charge in [-0.25, -0.2) is 9.78 Å². The summed E-state index contributed by atoms with van der Waals surface area (Å²) in [6, 6.07) is 12.4. The molecule has 3 nitrogen and oxygen atoms in total. The maximum atomic E-state index is 10.9. The fourth-order valence-electron chi connectivity index (χ4n) is 1.81. The molecule has 94 valence electrons. The molecule has 1 N–H and O–H groups in total. The molecular formula is C14H8ClNO2S. The fourth-order valence-corrected chi connectivity index (χ4v) is 3.13. The number of hydrogen-bond acceptors (Lipinski definition) is 3. The Morgan fingerprint density at radius 2 is 2.00 bits per heavy atom. The number of carboxylic acids is 1.